The zero-order valence-corrected chi connectivity index (χ0v) is 10.7. The molecule has 0 saturated carbocycles. The van der Waals surface area contributed by atoms with E-state index in [9.17, 15) is 13.2 Å². The van der Waals surface area contributed by atoms with Crippen molar-refractivity contribution in [2.45, 2.75) is 6.18 Å². The molecule has 0 bridgehead atoms. The second-order valence-corrected chi connectivity index (χ2v) is 4.05. The van der Waals surface area contributed by atoms with Gasteiger partial charge in [-0.3, -0.25) is 0 Å². The molecule has 1 heterocycles. The van der Waals surface area contributed by atoms with Gasteiger partial charge in [0.05, 0.1) is 0 Å². The minimum atomic E-state index is -4.29. The van der Waals surface area contributed by atoms with Crippen molar-refractivity contribution >= 4 is 11.6 Å². The molecule has 0 atom stereocenters. The summed E-state index contributed by atoms with van der Waals surface area (Å²) in [7, 11) is 1.64. The second kappa shape index (κ2) is 5.77. The largest absolute Gasteiger partial charge is 0.405 e. The van der Waals surface area contributed by atoms with Gasteiger partial charge in [0, 0.05) is 18.7 Å². The quantitative estimate of drug-likeness (QED) is 0.904. The highest BCUT2D eigenvalue weighted by molar-refractivity contribution is 5.61. The van der Waals surface area contributed by atoms with Gasteiger partial charge in [0.2, 0.25) is 0 Å². The molecule has 0 radical (unpaired) electrons. The summed E-state index contributed by atoms with van der Waals surface area (Å²) < 4.78 is 36.7. The molecule has 0 fully saturated rings. The van der Waals surface area contributed by atoms with E-state index < -0.39 is 12.7 Å². The van der Waals surface area contributed by atoms with Crippen LogP contribution in [0.5, 0.6) is 0 Å². The molecular weight excluding hydrogens is 269 g/mol. The summed E-state index contributed by atoms with van der Waals surface area (Å²) in [6.45, 7) is -1.14. The molecule has 20 heavy (non-hydrogen) atoms. The van der Waals surface area contributed by atoms with E-state index >= 15 is 0 Å². The van der Waals surface area contributed by atoms with Crippen LogP contribution in [0.3, 0.4) is 0 Å². The van der Waals surface area contributed by atoms with Crippen molar-refractivity contribution in [2.75, 3.05) is 24.2 Å². The summed E-state index contributed by atoms with van der Waals surface area (Å²) >= 11 is 0. The number of hydrogen-bond acceptors (Lipinski definition) is 4. The van der Waals surface area contributed by atoms with Crippen LogP contribution < -0.4 is 10.6 Å². The SMILES string of the molecule is CNc1cc(NCC(F)(F)F)nc(-c2ccccc2)n1. The fourth-order valence-corrected chi connectivity index (χ4v) is 1.57. The van der Waals surface area contributed by atoms with Crippen molar-refractivity contribution in [1.29, 1.82) is 0 Å². The fraction of sp³-hybridized carbons (Fsp3) is 0.231. The first-order valence-corrected chi connectivity index (χ1v) is 5.91. The first-order chi connectivity index (χ1) is 9.48. The first-order valence-electron chi connectivity index (χ1n) is 5.91. The smallest absolute Gasteiger partial charge is 0.373 e. The van der Waals surface area contributed by atoms with Gasteiger partial charge in [0.25, 0.3) is 0 Å². The van der Waals surface area contributed by atoms with Crippen LogP contribution >= 0.6 is 0 Å². The summed E-state index contributed by atoms with van der Waals surface area (Å²) in [4.78, 5) is 8.32. The van der Waals surface area contributed by atoms with Crippen molar-refractivity contribution in [3.8, 4) is 11.4 Å². The Balaban J connectivity index is 2.30. The minimum Gasteiger partial charge on any atom is -0.373 e. The van der Waals surface area contributed by atoms with Crippen molar-refractivity contribution in [1.82, 2.24) is 9.97 Å². The van der Waals surface area contributed by atoms with Crippen molar-refractivity contribution in [3.63, 3.8) is 0 Å². The Bertz CT molecular complexity index is 570. The van der Waals surface area contributed by atoms with Gasteiger partial charge >= 0.3 is 6.18 Å². The van der Waals surface area contributed by atoms with Crippen molar-refractivity contribution < 1.29 is 13.2 Å². The van der Waals surface area contributed by atoms with E-state index in [0.29, 0.717) is 11.6 Å². The number of anilines is 2. The molecule has 7 heteroatoms. The van der Waals surface area contributed by atoms with Crippen LogP contribution in [0.4, 0.5) is 24.8 Å². The lowest BCUT2D eigenvalue weighted by molar-refractivity contribution is -0.115. The molecule has 2 rings (SSSR count). The molecule has 0 saturated heterocycles. The molecule has 0 amide bonds. The molecule has 0 unspecified atom stereocenters. The Morgan fingerprint density at radius 3 is 2.30 bits per heavy atom. The maximum absolute atomic E-state index is 12.2. The van der Waals surface area contributed by atoms with Crippen LogP contribution in [0.1, 0.15) is 0 Å². The monoisotopic (exact) mass is 282 g/mol. The summed E-state index contributed by atoms with van der Waals surface area (Å²) in [6.07, 6.45) is -4.29. The third-order valence-corrected chi connectivity index (χ3v) is 2.48. The average Bonchev–Trinajstić information content (AvgIpc) is 2.45. The minimum absolute atomic E-state index is 0.125. The Morgan fingerprint density at radius 1 is 1.05 bits per heavy atom. The molecule has 2 N–H and O–H groups in total. The standard InChI is InChI=1S/C13H13F3N4/c1-17-10-7-11(18-8-13(14,15)16)20-12(19-10)9-5-3-2-4-6-9/h2-7H,8H2,1H3,(H2,17,18,19,20). The van der Waals surface area contributed by atoms with Gasteiger partial charge in [-0.2, -0.15) is 13.2 Å². The molecule has 2 aromatic rings. The summed E-state index contributed by atoms with van der Waals surface area (Å²) in [5, 5.41) is 5.06. The highest BCUT2D eigenvalue weighted by atomic mass is 19.4. The molecule has 1 aromatic carbocycles. The summed E-state index contributed by atoms with van der Waals surface area (Å²) in [6, 6.07) is 10.5. The summed E-state index contributed by atoms with van der Waals surface area (Å²) in [5.41, 5.74) is 0.736. The molecular formula is C13H13F3N4. The Morgan fingerprint density at radius 2 is 1.70 bits per heavy atom. The van der Waals surface area contributed by atoms with E-state index in [2.05, 4.69) is 20.6 Å². The van der Waals surface area contributed by atoms with Crippen LogP contribution in [-0.4, -0.2) is 29.7 Å². The van der Waals surface area contributed by atoms with Crippen molar-refractivity contribution in [2.24, 2.45) is 0 Å². The van der Waals surface area contributed by atoms with Gasteiger partial charge in [0.1, 0.15) is 18.2 Å². The normalized spacial score (nSPS) is 11.2. The third-order valence-electron chi connectivity index (χ3n) is 2.48. The lowest BCUT2D eigenvalue weighted by Gasteiger charge is -2.11. The topological polar surface area (TPSA) is 49.8 Å². The lowest BCUT2D eigenvalue weighted by atomic mass is 10.2. The van der Waals surface area contributed by atoms with E-state index in [-0.39, 0.29) is 5.82 Å². The Hall–Kier alpha value is -2.31. The number of nitrogens with zero attached hydrogens (tertiary/aromatic N) is 2. The molecule has 0 aliphatic heterocycles. The Kier molecular flexibility index (Phi) is 4.07. The van der Waals surface area contributed by atoms with E-state index in [4.69, 9.17) is 0 Å². The van der Waals surface area contributed by atoms with Gasteiger partial charge in [0.15, 0.2) is 5.82 Å². The number of hydrogen-bond donors (Lipinski definition) is 2. The van der Waals surface area contributed by atoms with Crippen LogP contribution in [0, 0.1) is 0 Å². The highest BCUT2D eigenvalue weighted by Gasteiger charge is 2.27. The first kappa shape index (κ1) is 14.1. The van der Waals surface area contributed by atoms with Gasteiger partial charge in [-0.1, -0.05) is 30.3 Å². The second-order valence-electron chi connectivity index (χ2n) is 4.05. The van der Waals surface area contributed by atoms with Gasteiger partial charge in [-0.15, -0.1) is 0 Å². The molecule has 4 nitrogen and oxygen atoms in total. The van der Waals surface area contributed by atoms with Crippen LogP contribution in [0.25, 0.3) is 11.4 Å². The zero-order valence-electron chi connectivity index (χ0n) is 10.7. The number of alkyl halides is 3. The molecule has 0 aliphatic carbocycles. The summed E-state index contributed by atoms with van der Waals surface area (Å²) in [5.74, 6) is 0.936. The number of aromatic nitrogens is 2. The molecule has 0 spiro atoms. The van der Waals surface area contributed by atoms with E-state index in [0.717, 1.165) is 5.56 Å². The van der Waals surface area contributed by atoms with Crippen LogP contribution in [0.2, 0.25) is 0 Å². The molecule has 1 aromatic heterocycles. The average molecular weight is 282 g/mol. The number of rotatable bonds is 4. The van der Waals surface area contributed by atoms with E-state index in [1.807, 2.05) is 18.2 Å². The third kappa shape index (κ3) is 3.84. The van der Waals surface area contributed by atoms with Gasteiger partial charge < -0.3 is 10.6 Å². The molecule has 0 aliphatic rings. The maximum atomic E-state index is 12.2. The van der Waals surface area contributed by atoms with E-state index in [1.165, 1.54) is 6.07 Å². The fourth-order valence-electron chi connectivity index (χ4n) is 1.57. The Labute approximate surface area is 114 Å². The van der Waals surface area contributed by atoms with Gasteiger partial charge in [-0.25, -0.2) is 9.97 Å². The number of nitrogens with one attached hydrogen (secondary N) is 2. The highest BCUT2D eigenvalue weighted by Crippen LogP contribution is 2.21. The van der Waals surface area contributed by atoms with Crippen LogP contribution in [-0.2, 0) is 0 Å². The van der Waals surface area contributed by atoms with Gasteiger partial charge in [-0.05, 0) is 0 Å². The molecule has 106 valence electrons. The van der Waals surface area contributed by atoms with E-state index in [1.54, 1.807) is 19.2 Å². The van der Waals surface area contributed by atoms with Crippen LogP contribution in [0.15, 0.2) is 36.4 Å². The lowest BCUT2D eigenvalue weighted by Crippen LogP contribution is -2.22. The predicted octanol–water partition coefficient (Wildman–Crippen LogP) is 3.16. The number of halogens is 3. The maximum Gasteiger partial charge on any atom is 0.405 e. The predicted molar refractivity (Wildman–Crippen MR) is 71.6 cm³/mol. The van der Waals surface area contributed by atoms with Crippen molar-refractivity contribution in [3.05, 3.63) is 36.4 Å². The zero-order chi connectivity index (χ0) is 14.6. The number of benzene rings is 1.